The zero-order valence-corrected chi connectivity index (χ0v) is 12.2. The molecule has 1 N–H and O–H groups in total. The van der Waals surface area contributed by atoms with E-state index in [4.69, 9.17) is 4.74 Å². The molecule has 1 aromatic rings. The van der Waals surface area contributed by atoms with Crippen molar-refractivity contribution < 1.29 is 4.74 Å². The van der Waals surface area contributed by atoms with Crippen LogP contribution in [0.4, 0.5) is 5.69 Å². The van der Waals surface area contributed by atoms with E-state index in [2.05, 4.69) is 36.3 Å². The summed E-state index contributed by atoms with van der Waals surface area (Å²) >= 11 is 0. The molecule has 1 saturated heterocycles. The Hall–Kier alpha value is -1.22. The fourth-order valence-corrected chi connectivity index (χ4v) is 2.47. The van der Waals surface area contributed by atoms with Crippen molar-refractivity contribution in [1.29, 1.82) is 0 Å². The number of ether oxygens (including phenoxy) is 1. The van der Waals surface area contributed by atoms with Gasteiger partial charge in [0.15, 0.2) is 0 Å². The molecule has 1 heterocycles. The first-order chi connectivity index (χ1) is 9.29. The number of nitrogens with one attached hydrogen (secondary N) is 1. The predicted molar refractivity (Wildman–Crippen MR) is 80.9 cm³/mol. The molecule has 1 aromatic carbocycles. The number of nitrogens with zero attached hydrogens (tertiary/aromatic N) is 1. The number of rotatable bonds is 6. The first kappa shape index (κ1) is 14.2. The second-order valence-corrected chi connectivity index (χ2v) is 5.47. The molecule has 3 heteroatoms. The van der Waals surface area contributed by atoms with Crippen LogP contribution in [-0.2, 0) is 0 Å². The Bertz CT molecular complexity index is 373. The maximum atomic E-state index is 5.77. The Labute approximate surface area is 116 Å². The van der Waals surface area contributed by atoms with Crippen LogP contribution in [0, 0.1) is 5.92 Å². The summed E-state index contributed by atoms with van der Waals surface area (Å²) in [6.07, 6.45) is 3.63. The third kappa shape index (κ3) is 4.43. The average molecular weight is 262 g/mol. The SMILES string of the molecule is CCCOc1ccccc1NCC1CCN(C)CC1. The molecule has 0 amide bonds. The van der Waals surface area contributed by atoms with Gasteiger partial charge < -0.3 is 15.0 Å². The Kier molecular flexibility index (Phi) is 5.52. The average Bonchev–Trinajstić information content (AvgIpc) is 2.45. The van der Waals surface area contributed by atoms with Crippen molar-refractivity contribution in [1.82, 2.24) is 4.90 Å². The number of benzene rings is 1. The molecule has 0 saturated carbocycles. The molecule has 2 rings (SSSR count). The number of anilines is 1. The maximum absolute atomic E-state index is 5.77. The lowest BCUT2D eigenvalue weighted by Crippen LogP contribution is -2.33. The molecule has 1 aliphatic heterocycles. The largest absolute Gasteiger partial charge is 0.491 e. The highest BCUT2D eigenvalue weighted by Gasteiger charge is 2.16. The van der Waals surface area contributed by atoms with E-state index in [0.29, 0.717) is 0 Å². The van der Waals surface area contributed by atoms with Crippen LogP contribution in [0.3, 0.4) is 0 Å². The monoisotopic (exact) mass is 262 g/mol. The summed E-state index contributed by atoms with van der Waals surface area (Å²) in [5, 5.41) is 3.56. The van der Waals surface area contributed by atoms with Gasteiger partial charge in [-0.1, -0.05) is 19.1 Å². The fourth-order valence-electron chi connectivity index (χ4n) is 2.47. The highest BCUT2D eigenvalue weighted by molar-refractivity contribution is 5.56. The molecule has 106 valence electrons. The third-order valence-corrected chi connectivity index (χ3v) is 3.77. The molecular formula is C16H26N2O. The van der Waals surface area contributed by atoms with Gasteiger partial charge in [0.1, 0.15) is 5.75 Å². The zero-order valence-electron chi connectivity index (χ0n) is 12.2. The minimum atomic E-state index is 0.785. The highest BCUT2D eigenvalue weighted by atomic mass is 16.5. The lowest BCUT2D eigenvalue weighted by atomic mass is 9.97. The Morgan fingerprint density at radius 3 is 2.74 bits per heavy atom. The van der Waals surface area contributed by atoms with Crippen LogP contribution in [0.5, 0.6) is 5.75 Å². The van der Waals surface area contributed by atoms with Crippen molar-refractivity contribution >= 4 is 5.69 Å². The van der Waals surface area contributed by atoms with E-state index in [9.17, 15) is 0 Å². The summed E-state index contributed by atoms with van der Waals surface area (Å²) in [5.41, 5.74) is 1.13. The van der Waals surface area contributed by atoms with Gasteiger partial charge in [-0.05, 0) is 57.5 Å². The smallest absolute Gasteiger partial charge is 0.142 e. The van der Waals surface area contributed by atoms with Crippen LogP contribution >= 0.6 is 0 Å². The summed E-state index contributed by atoms with van der Waals surface area (Å²) in [6.45, 7) is 6.42. The molecule has 0 aromatic heterocycles. The minimum Gasteiger partial charge on any atom is -0.491 e. The second-order valence-electron chi connectivity index (χ2n) is 5.47. The fraction of sp³-hybridized carbons (Fsp3) is 0.625. The van der Waals surface area contributed by atoms with Crippen molar-refractivity contribution in [2.24, 2.45) is 5.92 Å². The van der Waals surface area contributed by atoms with Gasteiger partial charge in [0.05, 0.1) is 12.3 Å². The molecule has 1 fully saturated rings. The van der Waals surface area contributed by atoms with E-state index in [0.717, 1.165) is 36.9 Å². The first-order valence-electron chi connectivity index (χ1n) is 7.44. The van der Waals surface area contributed by atoms with Gasteiger partial charge in [-0.15, -0.1) is 0 Å². The van der Waals surface area contributed by atoms with Crippen molar-refractivity contribution in [2.75, 3.05) is 38.6 Å². The summed E-state index contributed by atoms with van der Waals surface area (Å²) in [6, 6.07) is 8.26. The van der Waals surface area contributed by atoms with Crippen molar-refractivity contribution in [3.8, 4) is 5.75 Å². The van der Waals surface area contributed by atoms with Crippen LogP contribution in [0.1, 0.15) is 26.2 Å². The van der Waals surface area contributed by atoms with E-state index < -0.39 is 0 Å². The molecule has 3 nitrogen and oxygen atoms in total. The van der Waals surface area contributed by atoms with Gasteiger partial charge in [-0.3, -0.25) is 0 Å². The van der Waals surface area contributed by atoms with Crippen molar-refractivity contribution in [3.05, 3.63) is 24.3 Å². The van der Waals surface area contributed by atoms with Gasteiger partial charge in [0, 0.05) is 6.54 Å². The molecule has 0 spiro atoms. The Morgan fingerprint density at radius 1 is 1.26 bits per heavy atom. The van der Waals surface area contributed by atoms with Gasteiger partial charge in [0.25, 0.3) is 0 Å². The third-order valence-electron chi connectivity index (χ3n) is 3.77. The second kappa shape index (κ2) is 7.39. The molecule has 0 unspecified atom stereocenters. The first-order valence-corrected chi connectivity index (χ1v) is 7.44. The van der Waals surface area contributed by atoms with Crippen LogP contribution in [0.15, 0.2) is 24.3 Å². The summed E-state index contributed by atoms with van der Waals surface area (Å²) in [7, 11) is 2.21. The molecule has 1 aliphatic rings. The number of hydrogen-bond donors (Lipinski definition) is 1. The van der Waals surface area contributed by atoms with E-state index in [1.54, 1.807) is 0 Å². The van der Waals surface area contributed by atoms with Gasteiger partial charge in [-0.2, -0.15) is 0 Å². The van der Waals surface area contributed by atoms with E-state index in [1.807, 2.05) is 12.1 Å². The Balaban J connectivity index is 1.84. The lowest BCUT2D eigenvalue weighted by molar-refractivity contribution is 0.226. The Morgan fingerprint density at radius 2 is 2.00 bits per heavy atom. The molecular weight excluding hydrogens is 236 g/mol. The standard InChI is InChI=1S/C16H26N2O/c1-3-12-19-16-7-5-4-6-15(16)17-13-14-8-10-18(2)11-9-14/h4-7,14,17H,3,8-13H2,1-2H3. The summed E-state index contributed by atoms with van der Waals surface area (Å²) in [4.78, 5) is 2.41. The van der Waals surface area contributed by atoms with Crippen molar-refractivity contribution in [3.63, 3.8) is 0 Å². The maximum Gasteiger partial charge on any atom is 0.142 e. The molecule has 0 bridgehead atoms. The predicted octanol–water partition coefficient (Wildman–Crippen LogP) is 3.23. The van der Waals surface area contributed by atoms with E-state index in [-0.39, 0.29) is 0 Å². The molecule has 19 heavy (non-hydrogen) atoms. The van der Waals surface area contributed by atoms with Gasteiger partial charge in [-0.25, -0.2) is 0 Å². The lowest BCUT2D eigenvalue weighted by Gasteiger charge is -2.29. The number of likely N-dealkylation sites (tertiary alicyclic amines) is 1. The van der Waals surface area contributed by atoms with Gasteiger partial charge in [0.2, 0.25) is 0 Å². The van der Waals surface area contributed by atoms with Crippen LogP contribution in [-0.4, -0.2) is 38.2 Å². The number of piperidine rings is 1. The van der Waals surface area contributed by atoms with Crippen LogP contribution in [0.2, 0.25) is 0 Å². The van der Waals surface area contributed by atoms with Gasteiger partial charge >= 0.3 is 0 Å². The highest BCUT2D eigenvalue weighted by Crippen LogP contribution is 2.25. The number of hydrogen-bond acceptors (Lipinski definition) is 3. The minimum absolute atomic E-state index is 0.785. The quantitative estimate of drug-likeness (QED) is 0.852. The van der Waals surface area contributed by atoms with Crippen LogP contribution in [0.25, 0.3) is 0 Å². The summed E-state index contributed by atoms with van der Waals surface area (Å²) in [5.74, 6) is 1.77. The van der Waals surface area contributed by atoms with Crippen molar-refractivity contribution in [2.45, 2.75) is 26.2 Å². The topological polar surface area (TPSA) is 24.5 Å². The van der Waals surface area contributed by atoms with E-state index in [1.165, 1.54) is 25.9 Å². The normalized spacial score (nSPS) is 17.4. The molecule has 0 atom stereocenters. The summed E-state index contributed by atoms with van der Waals surface area (Å²) < 4.78 is 5.77. The number of para-hydroxylation sites is 2. The van der Waals surface area contributed by atoms with Crippen LogP contribution < -0.4 is 10.1 Å². The zero-order chi connectivity index (χ0) is 13.5. The molecule has 0 radical (unpaired) electrons. The molecule has 0 aliphatic carbocycles. The van der Waals surface area contributed by atoms with E-state index >= 15 is 0 Å².